The van der Waals surface area contributed by atoms with Crippen LogP contribution in [-0.2, 0) is 21.7 Å². The summed E-state index contributed by atoms with van der Waals surface area (Å²) in [4.78, 5) is 18.6. The van der Waals surface area contributed by atoms with Crippen molar-refractivity contribution in [3.8, 4) is 5.75 Å². The molecule has 2 aromatic carbocycles. The zero-order chi connectivity index (χ0) is 28.2. The summed E-state index contributed by atoms with van der Waals surface area (Å²) in [5.41, 5.74) is 7.55. The summed E-state index contributed by atoms with van der Waals surface area (Å²) in [6.45, 7) is 3.30. The van der Waals surface area contributed by atoms with Gasteiger partial charge in [-0.2, -0.15) is 0 Å². The van der Waals surface area contributed by atoms with Crippen molar-refractivity contribution in [2.24, 2.45) is 18.7 Å². The van der Waals surface area contributed by atoms with E-state index in [0.717, 1.165) is 31.6 Å². The molecule has 10 nitrogen and oxygen atoms in total. The Morgan fingerprint density at radius 2 is 1.90 bits per heavy atom. The maximum Gasteiger partial charge on any atom is 0.398 e. The molecule has 0 radical (unpaired) electrons. The molecular formula is C27H34ClN6O4S+. The number of amides is 1. The van der Waals surface area contributed by atoms with Crippen LogP contribution in [0.4, 0.5) is 28.8 Å². The van der Waals surface area contributed by atoms with E-state index in [2.05, 4.69) is 20.5 Å². The number of carbonyl (C=O) groups is 1. The van der Waals surface area contributed by atoms with Crippen LogP contribution in [0.15, 0.2) is 53.6 Å². The van der Waals surface area contributed by atoms with E-state index < -0.39 is 9.84 Å². The number of hydrogen-bond acceptors (Lipinski definition) is 8. The van der Waals surface area contributed by atoms with Crippen molar-refractivity contribution in [1.29, 1.82) is 0 Å². The van der Waals surface area contributed by atoms with Crippen LogP contribution in [0, 0.1) is 5.92 Å². The highest BCUT2D eigenvalue weighted by atomic mass is 35.5. The second kappa shape index (κ2) is 12.1. The number of ether oxygens (including phenoxy) is 1. The van der Waals surface area contributed by atoms with Crippen LogP contribution in [0.1, 0.15) is 26.2 Å². The smallest absolute Gasteiger partial charge is 0.398 e. The Morgan fingerprint density at radius 1 is 1.18 bits per heavy atom. The third-order valence-corrected chi connectivity index (χ3v) is 8.98. The molecule has 2 heterocycles. The quantitative estimate of drug-likeness (QED) is 0.311. The number of carbonyl (C=O) groups excluding carboxylic acids is 1. The van der Waals surface area contributed by atoms with E-state index in [1.807, 2.05) is 25.1 Å². The van der Waals surface area contributed by atoms with E-state index in [1.165, 1.54) is 0 Å². The summed E-state index contributed by atoms with van der Waals surface area (Å²) >= 11 is 6.50. The molecule has 0 bridgehead atoms. The van der Waals surface area contributed by atoms with Crippen LogP contribution in [0.5, 0.6) is 5.75 Å². The molecule has 0 spiro atoms. The van der Waals surface area contributed by atoms with E-state index in [0.29, 0.717) is 40.3 Å². The van der Waals surface area contributed by atoms with Crippen molar-refractivity contribution in [2.75, 3.05) is 41.5 Å². The number of benzene rings is 2. The number of anilines is 5. The average molecular weight is 574 g/mol. The lowest BCUT2D eigenvalue weighted by molar-refractivity contribution is -0.659. The Morgan fingerprint density at radius 3 is 2.56 bits per heavy atom. The molecule has 4 N–H and O–H groups in total. The molecule has 0 unspecified atom stereocenters. The second-order valence-electron chi connectivity index (χ2n) is 9.49. The predicted molar refractivity (Wildman–Crippen MR) is 153 cm³/mol. The number of hydrogen-bond donors (Lipinski definition) is 3. The minimum absolute atomic E-state index is 0.0440. The molecule has 1 saturated heterocycles. The highest BCUT2D eigenvalue weighted by Crippen LogP contribution is 2.34. The fourth-order valence-corrected chi connectivity index (χ4v) is 6.34. The van der Waals surface area contributed by atoms with E-state index in [9.17, 15) is 13.2 Å². The Kier molecular flexibility index (Phi) is 8.81. The predicted octanol–water partition coefficient (Wildman–Crippen LogP) is 3.94. The summed E-state index contributed by atoms with van der Waals surface area (Å²) in [6, 6.07) is 12.5. The Labute approximate surface area is 234 Å². The van der Waals surface area contributed by atoms with Gasteiger partial charge in [-0.15, -0.1) is 0 Å². The van der Waals surface area contributed by atoms with Gasteiger partial charge in [-0.25, -0.2) is 18.3 Å². The molecule has 12 heteroatoms. The fourth-order valence-electron chi connectivity index (χ4n) is 4.60. The molecule has 1 fully saturated rings. The minimum atomic E-state index is -3.47. The Balaban J connectivity index is 1.58. The average Bonchev–Trinajstić information content (AvgIpc) is 2.91. The first-order valence-corrected chi connectivity index (χ1v) is 14.8. The zero-order valence-corrected chi connectivity index (χ0v) is 23.8. The first kappa shape index (κ1) is 28.4. The van der Waals surface area contributed by atoms with Gasteiger partial charge in [0.2, 0.25) is 11.7 Å². The topological polar surface area (TPSA) is 131 Å². The molecule has 0 atom stereocenters. The summed E-state index contributed by atoms with van der Waals surface area (Å²) < 4.78 is 33.0. The first-order valence-electron chi connectivity index (χ1n) is 12.8. The third-order valence-electron chi connectivity index (χ3n) is 6.73. The molecule has 4 rings (SSSR count). The van der Waals surface area contributed by atoms with Gasteiger partial charge < -0.3 is 20.7 Å². The first-order chi connectivity index (χ1) is 18.6. The van der Waals surface area contributed by atoms with Crippen LogP contribution in [0.25, 0.3) is 0 Å². The molecule has 1 aliphatic rings. The molecule has 0 aliphatic carbocycles. The van der Waals surface area contributed by atoms with E-state index in [1.54, 1.807) is 49.2 Å². The number of primary amides is 1. The van der Waals surface area contributed by atoms with Crippen molar-refractivity contribution in [3.05, 3.63) is 53.7 Å². The molecule has 39 heavy (non-hydrogen) atoms. The van der Waals surface area contributed by atoms with Gasteiger partial charge >= 0.3 is 5.95 Å². The molecule has 208 valence electrons. The Bertz CT molecular complexity index is 1460. The number of rotatable bonds is 10. The lowest BCUT2D eigenvalue weighted by Gasteiger charge is -2.32. The number of nitrogens with two attached hydrogens (primary N) is 1. The summed E-state index contributed by atoms with van der Waals surface area (Å²) in [7, 11) is -0.0715. The molecule has 1 aliphatic heterocycles. The van der Waals surface area contributed by atoms with Crippen molar-refractivity contribution in [1.82, 2.24) is 4.98 Å². The maximum atomic E-state index is 12.8. The van der Waals surface area contributed by atoms with Crippen LogP contribution in [0.2, 0.25) is 5.02 Å². The van der Waals surface area contributed by atoms with Gasteiger partial charge in [0.05, 0.1) is 36.7 Å². The van der Waals surface area contributed by atoms with Crippen molar-refractivity contribution >= 4 is 56.2 Å². The molecule has 1 aromatic heterocycles. The molecule has 3 aromatic rings. The lowest BCUT2D eigenvalue weighted by Crippen LogP contribution is -2.38. The number of nitrogens with one attached hydrogen (secondary N) is 2. The van der Waals surface area contributed by atoms with Crippen LogP contribution < -0.4 is 30.6 Å². The van der Waals surface area contributed by atoms with Gasteiger partial charge in [-0.05, 0) is 43.5 Å². The Hall–Kier alpha value is -3.57. The summed E-state index contributed by atoms with van der Waals surface area (Å²) in [5, 5.41) is 6.72. The highest BCUT2D eigenvalue weighted by molar-refractivity contribution is 7.91. The van der Waals surface area contributed by atoms with E-state index in [-0.39, 0.29) is 22.5 Å². The van der Waals surface area contributed by atoms with Crippen molar-refractivity contribution < 1.29 is 22.5 Å². The van der Waals surface area contributed by atoms with Crippen molar-refractivity contribution in [3.63, 3.8) is 0 Å². The molecular weight excluding hydrogens is 540 g/mol. The van der Waals surface area contributed by atoms with Crippen LogP contribution in [-0.4, -0.2) is 45.3 Å². The monoisotopic (exact) mass is 573 g/mol. The molecule has 0 saturated carbocycles. The number of aryl methyl sites for hydroxylation is 1. The van der Waals surface area contributed by atoms with Crippen molar-refractivity contribution in [2.45, 2.75) is 31.1 Å². The summed E-state index contributed by atoms with van der Waals surface area (Å²) in [6.07, 6.45) is 3.64. The lowest BCUT2D eigenvalue weighted by atomic mass is 9.96. The van der Waals surface area contributed by atoms with Gasteiger partial charge in [-0.3, -0.25) is 4.79 Å². The summed E-state index contributed by atoms with van der Waals surface area (Å²) in [5.74, 6) is 1.11. The van der Waals surface area contributed by atoms with E-state index >= 15 is 0 Å². The number of sulfone groups is 1. The van der Waals surface area contributed by atoms with Gasteiger partial charge in [0, 0.05) is 30.8 Å². The molecule has 1 amide bonds. The number of para-hydroxylation sites is 1. The standard InChI is InChI=1S/C27H33ClN6O4S/c1-4-15-39(36,37)24-8-6-5-7-22(24)30-26-20(28)17-33(2)27(32-26)31-21-10-9-19(16-23(21)38-3)34-13-11-18(12-14-34)25(29)35/h5-10,16-18H,4,11-15H2,1-3H3,(H3,29,30,31,32,35)/p+1. The number of nitrogens with zero attached hydrogens (tertiary/aromatic N) is 3. The third kappa shape index (κ3) is 6.54. The van der Waals surface area contributed by atoms with Gasteiger partial charge in [0.15, 0.2) is 15.6 Å². The minimum Gasteiger partial charge on any atom is -0.493 e. The number of methoxy groups -OCH3 is 1. The van der Waals surface area contributed by atoms with Crippen LogP contribution in [0.3, 0.4) is 0 Å². The SMILES string of the molecule is CCCS(=O)(=O)c1ccccc1Nc1nc(Nc2ccc(N3CCC(C(N)=O)CC3)cc2OC)[n+](C)cc1Cl. The fraction of sp³-hybridized carbons (Fsp3) is 0.370. The van der Waals surface area contributed by atoms with Gasteiger partial charge in [-0.1, -0.05) is 35.6 Å². The van der Waals surface area contributed by atoms with Crippen LogP contribution >= 0.6 is 11.6 Å². The largest absolute Gasteiger partial charge is 0.493 e. The normalized spacial score (nSPS) is 14.2. The number of aromatic nitrogens is 2. The maximum absolute atomic E-state index is 12.8. The highest BCUT2D eigenvalue weighted by Gasteiger charge is 2.25. The number of halogens is 1. The zero-order valence-electron chi connectivity index (χ0n) is 22.3. The second-order valence-corrected chi connectivity index (χ2v) is 12.0. The van der Waals surface area contributed by atoms with E-state index in [4.69, 9.17) is 22.1 Å². The van der Waals surface area contributed by atoms with Gasteiger partial charge in [0.25, 0.3) is 0 Å². The number of piperidine rings is 1. The van der Waals surface area contributed by atoms with Gasteiger partial charge in [0.1, 0.15) is 10.7 Å².